The predicted octanol–water partition coefficient (Wildman–Crippen LogP) is -18.2. The summed E-state index contributed by atoms with van der Waals surface area (Å²) in [6.07, 6.45) is -59.8. The molecule has 0 aromatic carbocycles. The molecule has 0 spiro atoms. The summed E-state index contributed by atoms with van der Waals surface area (Å²) in [6, 6.07) is -4.56. The van der Waals surface area contributed by atoms with E-state index in [2.05, 4.69) is 0 Å². The van der Waals surface area contributed by atoms with Crippen LogP contribution < -0.4 is 17.2 Å². The summed E-state index contributed by atoms with van der Waals surface area (Å²) in [5, 5.41) is 263. The molecular weight excluding hydrogens is 970 g/mol. The summed E-state index contributed by atoms with van der Waals surface area (Å²) in [5.74, 6) is -19.4. The van der Waals surface area contributed by atoms with Crippen LogP contribution in [-0.2, 0) is 38.0 Å². The lowest BCUT2D eigenvalue weighted by Crippen LogP contribution is -3.03. The van der Waals surface area contributed by atoms with Crippen molar-refractivity contribution in [2.45, 2.75) is 175 Å². The van der Waals surface area contributed by atoms with Gasteiger partial charge in [0.15, 0.2) is 17.4 Å². The molecule has 29 atom stereocenters. The predicted molar refractivity (Wildman–Crippen MR) is 210 cm³/mol. The lowest BCUT2D eigenvalue weighted by molar-refractivity contribution is -0.568. The van der Waals surface area contributed by atoms with Crippen molar-refractivity contribution in [3.05, 3.63) is 0 Å². The van der Waals surface area contributed by atoms with Gasteiger partial charge in [0.2, 0.25) is 11.6 Å². The van der Waals surface area contributed by atoms with Gasteiger partial charge in [0.05, 0.1) is 51.7 Å². The Hall–Kier alpha value is -1.65. The van der Waals surface area contributed by atoms with Crippen LogP contribution in [0.2, 0.25) is 0 Å². The Morgan fingerprint density at radius 2 is 0.957 bits per heavy atom. The second kappa shape index (κ2) is 21.5. The van der Waals surface area contributed by atoms with Crippen LogP contribution in [0, 0.1) is 0 Å². The average Bonchev–Trinajstić information content (AvgIpc) is 3.35. The van der Waals surface area contributed by atoms with Gasteiger partial charge in [-0.15, -0.1) is 0 Å². The minimum absolute atomic E-state index is 0.269. The van der Waals surface area contributed by atoms with E-state index in [1.165, 1.54) is 0 Å². The topological polar surface area (TPSA) is 625 Å². The highest BCUT2D eigenvalue weighted by Crippen LogP contribution is 2.63. The molecule has 5 saturated heterocycles. The monoisotopic (exact) mass is 1040 g/mol. The lowest BCUT2D eigenvalue weighted by Gasteiger charge is -2.73. The van der Waals surface area contributed by atoms with Gasteiger partial charge < -0.3 is 173 Å². The van der Waals surface area contributed by atoms with E-state index in [0.717, 1.165) is 0 Å². The average molecular weight is 1040 g/mol. The number of hydrogen-bond donors (Lipinski definition) is 26. The molecule has 0 saturated carbocycles. The van der Waals surface area contributed by atoms with Gasteiger partial charge in [-0.3, -0.25) is 0 Å². The molecular formula is C36H65N3O31. The first kappa shape index (κ1) is 59.2. The van der Waals surface area contributed by atoms with E-state index in [4.69, 9.17) is 50.4 Å². The first-order valence-corrected chi connectivity index (χ1v) is 21.3. The fraction of sp³-hybridized carbons (Fsp3) is 0.972. The Balaban J connectivity index is 2.12. The second-order valence-corrected chi connectivity index (χ2v) is 17.8. The third-order valence-corrected chi connectivity index (χ3v) is 13.8. The van der Waals surface area contributed by atoms with Crippen LogP contribution in [-0.4, -0.2) is 338 Å². The van der Waals surface area contributed by atoms with Crippen molar-refractivity contribution in [1.29, 1.82) is 0 Å². The summed E-state index contributed by atoms with van der Waals surface area (Å²) in [5.41, 5.74) is 8.81. The highest BCUT2D eigenvalue weighted by atomic mass is 16.8. The molecule has 34 nitrogen and oxygen atoms in total. The van der Waals surface area contributed by atoms with Crippen LogP contribution in [0.15, 0.2) is 0 Å². The number of aliphatic hydroxyl groups is 23. The summed E-state index contributed by atoms with van der Waals surface area (Å²) < 4.78 is 39.8. The normalized spacial score (nSPS) is 53.2. The second-order valence-electron chi connectivity index (χ2n) is 17.8. The van der Waals surface area contributed by atoms with E-state index >= 15 is 0 Å². The SMILES string of the molecule is NC(C=O)C(O)C(O[C@]1([C@@]2(O)O[C@H](CO)[C@@H](O)[C@H](O)[C@@H]2O)O[C@H](CO)[C@@H](OC2O[C@H](CO)C(O)C(O)C2N)[C@](O)([C@@]2(O)O[C@H](CO)[C@@H](O)[C@H](O)[C@@H]2O)[C@@]1(N)[C@@]1(O)O[C@H](CO)[C@@H](O)[C@H](O)[C@@H]1O)C(O)CO. The number of aliphatic hydroxyl groups excluding tert-OH is 19. The van der Waals surface area contributed by atoms with Gasteiger partial charge in [0.25, 0.3) is 11.6 Å². The molecule has 70 heavy (non-hydrogen) atoms. The molecule has 5 heterocycles. The van der Waals surface area contributed by atoms with Crippen molar-refractivity contribution in [2.75, 3.05) is 39.6 Å². The molecule has 0 bridgehead atoms. The number of nitrogens with two attached hydrogens (primary N) is 3. The van der Waals surface area contributed by atoms with Gasteiger partial charge in [-0.05, 0) is 0 Å². The third-order valence-electron chi connectivity index (χ3n) is 13.8. The van der Waals surface area contributed by atoms with Crippen molar-refractivity contribution in [3.8, 4) is 0 Å². The van der Waals surface area contributed by atoms with Gasteiger partial charge in [0.1, 0.15) is 128 Å². The van der Waals surface area contributed by atoms with Crippen LogP contribution in [0.1, 0.15) is 0 Å². The smallest absolute Gasteiger partial charge is 0.254 e. The zero-order valence-corrected chi connectivity index (χ0v) is 36.4. The number of ether oxygens (including phenoxy) is 7. The van der Waals surface area contributed by atoms with Gasteiger partial charge in [-0.25, -0.2) is 0 Å². The standard InChI is InChI=1S/C36H65N3O31/c37-8(1-40)16(48)25(9(47)2-41)70-36(34(63)28(59)24(56)20(52)13(6-45)68-34)35(39,33(62)27(58)23(55)19(51)12(5-44)67-33)31(60,32(61)26(57)22(54)18(50)11(4-43)66-32)29(14(7-46)69-36)65-30-15(38)21(53)17(49)10(3-42)64-30/h1,8-30,41-63H,2-7,37-39H2/t8?,9?,10-,11-,12-,13-,14-,15?,16?,17?,18-,19-,20-,21?,22+,23+,24+,25?,26+,27+,28+,29-,30?,31+,32+,33+,34+,35-,36+/m1/s1. The Morgan fingerprint density at radius 1 is 0.557 bits per heavy atom. The van der Waals surface area contributed by atoms with Crippen molar-refractivity contribution < 1.29 is 155 Å². The van der Waals surface area contributed by atoms with E-state index < -0.39 is 214 Å². The van der Waals surface area contributed by atoms with Crippen LogP contribution in [0.3, 0.4) is 0 Å². The molecule has 0 radical (unpaired) electrons. The molecule has 5 fully saturated rings. The minimum Gasteiger partial charge on any atom is -0.394 e. The molecule has 0 aromatic rings. The van der Waals surface area contributed by atoms with Gasteiger partial charge in [0, 0.05) is 0 Å². The molecule has 0 aromatic heterocycles. The highest BCUT2D eigenvalue weighted by Gasteiger charge is 2.93. The van der Waals surface area contributed by atoms with Crippen molar-refractivity contribution in [1.82, 2.24) is 0 Å². The van der Waals surface area contributed by atoms with E-state index in [1.54, 1.807) is 0 Å². The zero-order chi connectivity index (χ0) is 53.2. The Kier molecular flexibility index (Phi) is 18.2. The Bertz CT molecular complexity index is 1750. The molecule has 5 aliphatic heterocycles. The third kappa shape index (κ3) is 8.52. The Morgan fingerprint density at radius 3 is 1.39 bits per heavy atom. The van der Waals surface area contributed by atoms with Crippen LogP contribution >= 0.6 is 0 Å². The van der Waals surface area contributed by atoms with E-state index in [0.29, 0.717) is 0 Å². The first-order valence-electron chi connectivity index (χ1n) is 21.3. The number of carbonyl (C=O) groups excluding carboxylic acids is 1. The molecule has 0 aliphatic carbocycles. The lowest BCUT2D eigenvalue weighted by atomic mass is 9.53. The number of carbonyl (C=O) groups is 1. The van der Waals surface area contributed by atoms with Gasteiger partial charge in [-0.2, -0.15) is 0 Å². The molecule has 0 amide bonds. The van der Waals surface area contributed by atoms with Crippen LogP contribution in [0.25, 0.3) is 0 Å². The highest BCUT2D eigenvalue weighted by molar-refractivity contribution is 5.58. The fourth-order valence-corrected chi connectivity index (χ4v) is 9.71. The van der Waals surface area contributed by atoms with Crippen molar-refractivity contribution >= 4 is 6.29 Å². The van der Waals surface area contributed by atoms with Crippen LogP contribution in [0.4, 0.5) is 0 Å². The van der Waals surface area contributed by atoms with Crippen molar-refractivity contribution in [3.63, 3.8) is 0 Å². The molecule has 410 valence electrons. The van der Waals surface area contributed by atoms with Crippen molar-refractivity contribution in [2.24, 2.45) is 17.2 Å². The molecule has 34 heteroatoms. The number of rotatable bonds is 17. The number of aldehydes is 1. The summed E-state index contributed by atoms with van der Waals surface area (Å²) in [4.78, 5) is 12.1. The van der Waals surface area contributed by atoms with Gasteiger partial charge in [-0.1, -0.05) is 0 Å². The van der Waals surface area contributed by atoms with Gasteiger partial charge >= 0.3 is 0 Å². The molecule has 8 unspecified atom stereocenters. The molecule has 29 N–H and O–H groups in total. The molecule has 5 rings (SSSR count). The number of hydrogen-bond acceptors (Lipinski definition) is 34. The summed E-state index contributed by atoms with van der Waals surface area (Å²) >= 11 is 0. The van der Waals surface area contributed by atoms with E-state index in [1.807, 2.05) is 0 Å². The summed E-state index contributed by atoms with van der Waals surface area (Å²) in [7, 11) is 0. The van der Waals surface area contributed by atoms with Crippen LogP contribution in [0.5, 0.6) is 0 Å². The first-order chi connectivity index (χ1) is 32.5. The Labute approximate surface area is 393 Å². The van der Waals surface area contributed by atoms with E-state index in [9.17, 15) is 122 Å². The minimum atomic E-state index is -5.14. The maximum Gasteiger partial charge on any atom is 0.254 e. The maximum atomic E-state index is 14.1. The largest absolute Gasteiger partial charge is 0.394 e. The fourth-order valence-electron chi connectivity index (χ4n) is 9.71. The summed E-state index contributed by atoms with van der Waals surface area (Å²) in [6.45, 7) is -9.66. The maximum absolute atomic E-state index is 14.1. The zero-order valence-electron chi connectivity index (χ0n) is 36.4. The van der Waals surface area contributed by atoms with E-state index in [-0.39, 0.29) is 6.29 Å². The molecule has 5 aliphatic rings. The quantitative estimate of drug-likeness (QED) is 0.0602.